The second-order valence-corrected chi connectivity index (χ2v) is 7.48. The predicted molar refractivity (Wildman–Crippen MR) is 92.5 cm³/mol. The van der Waals surface area contributed by atoms with Crippen molar-refractivity contribution in [3.05, 3.63) is 47.3 Å². The Bertz CT molecular complexity index is 699. The molecule has 2 aliphatic rings. The first-order valence-corrected chi connectivity index (χ1v) is 8.65. The van der Waals surface area contributed by atoms with Crippen molar-refractivity contribution in [3.63, 3.8) is 0 Å². The molecular weight excluding hydrogens is 284 g/mol. The molecule has 0 unspecified atom stereocenters. The number of aromatic nitrogens is 2. The fraction of sp³-hybridized carbons (Fsp3) is 0.526. The van der Waals surface area contributed by atoms with Crippen molar-refractivity contribution < 1.29 is 0 Å². The van der Waals surface area contributed by atoms with Crippen molar-refractivity contribution in [2.45, 2.75) is 33.2 Å². The SMILES string of the molecule is Cc1cc(C)n(-c2ccc(CN3C[C@@H]4CC[C@]4(CN)C3)cc2)n1. The zero-order chi connectivity index (χ0) is 16.0. The van der Waals surface area contributed by atoms with Crippen LogP contribution in [-0.4, -0.2) is 34.3 Å². The lowest BCUT2D eigenvalue weighted by molar-refractivity contribution is 0.0945. The molecule has 2 fully saturated rings. The molecule has 2 atom stereocenters. The van der Waals surface area contributed by atoms with Crippen LogP contribution in [0.2, 0.25) is 0 Å². The number of hydrogen-bond acceptors (Lipinski definition) is 3. The van der Waals surface area contributed by atoms with Gasteiger partial charge in [-0.15, -0.1) is 0 Å². The van der Waals surface area contributed by atoms with Gasteiger partial charge in [-0.1, -0.05) is 12.1 Å². The molecule has 23 heavy (non-hydrogen) atoms. The minimum Gasteiger partial charge on any atom is -0.330 e. The van der Waals surface area contributed by atoms with E-state index in [1.807, 2.05) is 11.6 Å². The van der Waals surface area contributed by atoms with E-state index in [1.165, 1.54) is 37.2 Å². The van der Waals surface area contributed by atoms with Crippen molar-refractivity contribution in [3.8, 4) is 5.69 Å². The van der Waals surface area contributed by atoms with E-state index in [0.29, 0.717) is 5.41 Å². The smallest absolute Gasteiger partial charge is 0.0648 e. The van der Waals surface area contributed by atoms with E-state index < -0.39 is 0 Å². The molecule has 122 valence electrons. The summed E-state index contributed by atoms with van der Waals surface area (Å²) in [7, 11) is 0. The van der Waals surface area contributed by atoms with Crippen molar-refractivity contribution in [1.29, 1.82) is 0 Å². The van der Waals surface area contributed by atoms with Gasteiger partial charge in [-0.2, -0.15) is 5.10 Å². The summed E-state index contributed by atoms with van der Waals surface area (Å²) in [6.07, 6.45) is 2.69. The number of fused-ring (bicyclic) bond motifs is 1. The summed E-state index contributed by atoms with van der Waals surface area (Å²) >= 11 is 0. The molecule has 0 bridgehead atoms. The van der Waals surface area contributed by atoms with Crippen molar-refractivity contribution in [1.82, 2.24) is 14.7 Å². The van der Waals surface area contributed by atoms with Gasteiger partial charge in [0.25, 0.3) is 0 Å². The quantitative estimate of drug-likeness (QED) is 0.944. The Morgan fingerprint density at radius 2 is 2.04 bits per heavy atom. The lowest BCUT2D eigenvalue weighted by Crippen LogP contribution is -2.45. The summed E-state index contributed by atoms with van der Waals surface area (Å²) in [6.45, 7) is 8.41. The molecule has 1 aromatic heterocycles. The van der Waals surface area contributed by atoms with E-state index in [9.17, 15) is 0 Å². The highest BCUT2D eigenvalue weighted by atomic mass is 15.3. The van der Waals surface area contributed by atoms with Crippen LogP contribution in [0.5, 0.6) is 0 Å². The molecule has 1 saturated heterocycles. The highest BCUT2D eigenvalue weighted by Crippen LogP contribution is 2.51. The van der Waals surface area contributed by atoms with Crippen LogP contribution in [0.3, 0.4) is 0 Å². The molecule has 4 heteroatoms. The molecule has 0 spiro atoms. The summed E-state index contributed by atoms with van der Waals surface area (Å²) in [4.78, 5) is 2.59. The van der Waals surface area contributed by atoms with E-state index in [4.69, 9.17) is 5.73 Å². The van der Waals surface area contributed by atoms with Crippen LogP contribution in [0.15, 0.2) is 30.3 Å². The second kappa shape index (κ2) is 5.46. The highest BCUT2D eigenvalue weighted by Gasteiger charge is 2.51. The maximum atomic E-state index is 6.03. The molecule has 1 aliphatic carbocycles. The van der Waals surface area contributed by atoms with Crippen LogP contribution in [-0.2, 0) is 6.54 Å². The zero-order valence-electron chi connectivity index (χ0n) is 14.1. The number of likely N-dealkylation sites (tertiary alicyclic amines) is 1. The summed E-state index contributed by atoms with van der Waals surface area (Å²) < 4.78 is 2.01. The molecule has 1 aromatic carbocycles. The zero-order valence-corrected chi connectivity index (χ0v) is 14.1. The topological polar surface area (TPSA) is 47.1 Å². The molecule has 4 nitrogen and oxygen atoms in total. The number of rotatable bonds is 4. The predicted octanol–water partition coefficient (Wildman–Crippen LogP) is 2.66. The molecule has 1 saturated carbocycles. The molecule has 1 aliphatic heterocycles. The van der Waals surface area contributed by atoms with Crippen LogP contribution in [0.4, 0.5) is 0 Å². The Morgan fingerprint density at radius 3 is 2.57 bits per heavy atom. The third-order valence-corrected chi connectivity index (χ3v) is 5.88. The molecule has 0 amide bonds. The Balaban J connectivity index is 1.46. The van der Waals surface area contributed by atoms with Gasteiger partial charge in [0.2, 0.25) is 0 Å². The molecular formula is C19H26N4. The lowest BCUT2D eigenvalue weighted by atomic mass is 9.62. The van der Waals surface area contributed by atoms with Crippen LogP contribution >= 0.6 is 0 Å². The average molecular weight is 310 g/mol. The monoisotopic (exact) mass is 310 g/mol. The minimum atomic E-state index is 0.434. The molecule has 2 N–H and O–H groups in total. The Labute approximate surface area is 138 Å². The first-order chi connectivity index (χ1) is 11.1. The minimum absolute atomic E-state index is 0.434. The molecule has 0 radical (unpaired) electrons. The Kier molecular flexibility index (Phi) is 3.54. The van der Waals surface area contributed by atoms with Gasteiger partial charge >= 0.3 is 0 Å². The fourth-order valence-electron chi connectivity index (χ4n) is 4.42. The molecule has 2 heterocycles. The average Bonchev–Trinajstić information content (AvgIpc) is 2.98. The molecule has 4 rings (SSSR count). The summed E-state index contributed by atoms with van der Waals surface area (Å²) in [5.41, 5.74) is 11.2. The standard InChI is InChI=1S/C19H26N4/c1-14-9-15(2)23(21-14)18-5-3-16(4-6-18)10-22-11-17-7-8-19(17,12-20)13-22/h3-6,9,17H,7-8,10-13,20H2,1-2H3/t17-,19-/m0/s1. The maximum Gasteiger partial charge on any atom is 0.0648 e. The van der Waals surface area contributed by atoms with Gasteiger partial charge in [0.1, 0.15) is 0 Å². The van der Waals surface area contributed by atoms with E-state index in [0.717, 1.165) is 30.4 Å². The third-order valence-electron chi connectivity index (χ3n) is 5.88. The van der Waals surface area contributed by atoms with Crippen molar-refractivity contribution in [2.75, 3.05) is 19.6 Å². The van der Waals surface area contributed by atoms with E-state index in [2.05, 4.69) is 47.3 Å². The van der Waals surface area contributed by atoms with Gasteiger partial charge < -0.3 is 5.73 Å². The maximum absolute atomic E-state index is 6.03. The molecule has 2 aromatic rings. The number of nitrogens with zero attached hydrogens (tertiary/aromatic N) is 3. The summed E-state index contributed by atoms with van der Waals surface area (Å²) in [6, 6.07) is 10.9. The van der Waals surface area contributed by atoms with Gasteiger partial charge in [0.15, 0.2) is 0 Å². The first-order valence-electron chi connectivity index (χ1n) is 8.65. The Morgan fingerprint density at radius 1 is 1.26 bits per heavy atom. The summed E-state index contributed by atoms with van der Waals surface area (Å²) in [5.74, 6) is 0.835. The van der Waals surface area contributed by atoms with Gasteiger partial charge in [0.05, 0.1) is 11.4 Å². The van der Waals surface area contributed by atoms with Gasteiger partial charge in [-0.3, -0.25) is 4.90 Å². The fourth-order valence-corrected chi connectivity index (χ4v) is 4.42. The van der Waals surface area contributed by atoms with E-state index in [-0.39, 0.29) is 0 Å². The second-order valence-electron chi connectivity index (χ2n) is 7.48. The van der Waals surface area contributed by atoms with Gasteiger partial charge in [-0.25, -0.2) is 4.68 Å². The van der Waals surface area contributed by atoms with Crippen LogP contribution in [0.1, 0.15) is 29.8 Å². The largest absolute Gasteiger partial charge is 0.330 e. The van der Waals surface area contributed by atoms with Crippen molar-refractivity contribution in [2.24, 2.45) is 17.1 Å². The van der Waals surface area contributed by atoms with Crippen LogP contribution < -0.4 is 5.73 Å². The van der Waals surface area contributed by atoms with Crippen LogP contribution in [0, 0.1) is 25.2 Å². The highest BCUT2D eigenvalue weighted by molar-refractivity contribution is 5.36. The van der Waals surface area contributed by atoms with Crippen molar-refractivity contribution >= 4 is 0 Å². The lowest BCUT2D eigenvalue weighted by Gasteiger charge is -2.43. The number of benzene rings is 1. The number of hydrogen-bond donors (Lipinski definition) is 1. The normalized spacial score (nSPS) is 27.0. The summed E-state index contributed by atoms with van der Waals surface area (Å²) in [5, 5.41) is 4.55. The third kappa shape index (κ3) is 2.50. The van der Waals surface area contributed by atoms with Crippen LogP contribution in [0.25, 0.3) is 5.69 Å². The Hall–Kier alpha value is -1.65. The van der Waals surface area contributed by atoms with Gasteiger partial charge in [0, 0.05) is 25.3 Å². The van der Waals surface area contributed by atoms with Gasteiger partial charge in [-0.05, 0) is 68.3 Å². The number of aryl methyl sites for hydroxylation is 2. The van der Waals surface area contributed by atoms with E-state index >= 15 is 0 Å². The first kappa shape index (κ1) is 14.9. The number of nitrogens with two attached hydrogens (primary N) is 1. The van der Waals surface area contributed by atoms with E-state index in [1.54, 1.807) is 0 Å².